The summed E-state index contributed by atoms with van der Waals surface area (Å²) in [4.78, 5) is 0. The van der Waals surface area contributed by atoms with E-state index < -0.39 is 17.0 Å². The van der Waals surface area contributed by atoms with Crippen LogP contribution in [0.15, 0.2) is 17.9 Å². The fraction of sp³-hybridized carbons (Fsp3) is 0.273. The van der Waals surface area contributed by atoms with E-state index in [1.54, 1.807) is 13.8 Å². The summed E-state index contributed by atoms with van der Waals surface area (Å²) in [7, 11) is 0. The molecular weight excluding hydrogens is 209 g/mol. The molecule has 15 heavy (non-hydrogen) atoms. The molecule has 2 rings (SSSR count). The van der Waals surface area contributed by atoms with Crippen LogP contribution >= 0.6 is 0 Å². The van der Waals surface area contributed by atoms with Gasteiger partial charge < -0.3 is 11.3 Å². The third kappa shape index (κ3) is 1.84. The zero-order chi connectivity index (χ0) is 10.5. The van der Waals surface area contributed by atoms with Gasteiger partial charge in [-0.1, -0.05) is 19.6 Å². The second kappa shape index (κ2) is 3.89. The van der Waals surface area contributed by atoms with E-state index in [2.05, 4.69) is 0 Å². The minimum atomic E-state index is -0.714. The zero-order valence-corrected chi connectivity index (χ0v) is 10.9. The fourth-order valence-electron chi connectivity index (χ4n) is 1.50. The van der Waals surface area contributed by atoms with E-state index in [1.165, 1.54) is 6.07 Å². The second-order valence-corrected chi connectivity index (χ2v) is 3.86. The van der Waals surface area contributed by atoms with Gasteiger partial charge in [0.1, 0.15) is 5.82 Å². The Bertz CT molecular complexity index is 427. The van der Waals surface area contributed by atoms with Gasteiger partial charge in [-0.25, -0.2) is 8.78 Å². The molecule has 0 saturated heterocycles. The third-order valence-corrected chi connectivity index (χ3v) is 2.51. The van der Waals surface area contributed by atoms with Gasteiger partial charge in [-0.2, -0.15) is 0 Å². The van der Waals surface area contributed by atoms with E-state index >= 15 is 0 Å². The standard InChI is InChI=1S/C11H9F2O.Na/c1-6-11(2,3)8-4-7(12)5-9(13)10(8)14-6;/h1,4-5H,2-3H3;/q-1;+1. The Morgan fingerprint density at radius 1 is 1.27 bits per heavy atom. The molecule has 1 aliphatic heterocycles. The van der Waals surface area contributed by atoms with Crippen LogP contribution in [0.5, 0.6) is 5.75 Å². The third-order valence-electron chi connectivity index (χ3n) is 2.51. The van der Waals surface area contributed by atoms with Crippen LogP contribution in [0.3, 0.4) is 0 Å². The van der Waals surface area contributed by atoms with E-state index in [-0.39, 0.29) is 41.1 Å². The van der Waals surface area contributed by atoms with Gasteiger partial charge in [-0.15, -0.1) is 0 Å². The molecule has 0 atom stereocenters. The van der Waals surface area contributed by atoms with Crippen LogP contribution < -0.4 is 34.3 Å². The summed E-state index contributed by atoms with van der Waals surface area (Å²) < 4.78 is 31.2. The number of hydrogen-bond acceptors (Lipinski definition) is 1. The van der Waals surface area contributed by atoms with Crippen molar-refractivity contribution in [2.24, 2.45) is 0 Å². The summed E-state index contributed by atoms with van der Waals surface area (Å²) in [5, 5.41) is 0. The summed E-state index contributed by atoms with van der Waals surface area (Å²) >= 11 is 0. The summed E-state index contributed by atoms with van der Waals surface area (Å²) in [6, 6.07) is 2.03. The number of benzene rings is 1. The monoisotopic (exact) mass is 218 g/mol. The number of rotatable bonds is 0. The molecular formula is C11H9F2NaO. The van der Waals surface area contributed by atoms with Gasteiger partial charge in [-0.3, -0.25) is 0 Å². The molecule has 0 radical (unpaired) electrons. The second-order valence-electron chi connectivity index (χ2n) is 3.86. The molecule has 1 aliphatic rings. The Morgan fingerprint density at radius 2 is 1.87 bits per heavy atom. The molecule has 74 valence electrons. The van der Waals surface area contributed by atoms with E-state index in [1.807, 2.05) is 0 Å². The Hall–Kier alpha value is -0.380. The first kappa shape index (κ1) is 12.7. The zero-order valence-electron chi connectivity index (χ0n) is 8.90. The van der Waals surface area contributed by atoms with Gasteiger partial charge in [0.15, 0.2) is 11.6 Å². The minimum Gasteiger partial charge on any atom is -0.495 e. The Balaban J connectivity index is 0.00000112. The maximum absolute atomic E-state index is 13.2. The minimum absolute atomic E-state index is 0. The maximum Gasteiger partial charge on any atom is 1.00 e. The molecule has 0 N–H and O–H groups in total. The first-order valence-electron chi connectivity index (χ1n) is 4.23. The molecule has 0 aromatic heterocycles. The van der Waals surface area contributed by atoms with Crippen LogP contribution in [0.4, 0.5) is 8.78 Å². The predicted molar refractivity (Wildman–Crippen MR) is 47.8 cm³/mol. The summed E-state index contributed by atoms with van der Waals surface area (Å²) in [6.45, 7) is 9.10. The van der Waals surface area contributed by atoms with Crippen LogP contribution in [0.2, 0.25) is 0 Å². The molecule has 0 bridgehead atoms. The normalized spacial score (nSPS) is 16.7. The van der Waals surface area contributed by atoms with E-state index in [0.717, 1.165) is 6.07 Å². The van der Waals surface area contributed by atoms with Gasteiger partial charge in [0, 0.05) is 17.0 Å². The van der Waals surface area contributed by atoms with Crippen LogP contribution in [-0.2, 0) is 5.41 Å². The van der Waals surface area contributed by atoms with Gasteiger partial charge in [0.2, 0.25) is 0 Å². The van der Waals surface area contributed by atoms with Crippen molar-refractivity contribution in [2.75, 3.05) is 0 Å². The number of fused-ring (bicyclic) bond motifs is 1. The number of halogens is 2. The van der Waals surface area contributed by atoms with E-state index in [4.69, 9.17) is 11.3 Å². The largest absolute Gasteiger partial charge is 1.00 e. The molecule has 0 spiro atoms. The molecule has 1 heterocycles. The first-order valence-corrected chi connectivity index (χ1v) is 4.23. The Morgan fingerprint density at radius 3 is 2.47 bits per heavy atom. The summed E-state index contributed by atoms with van der Waals surface area (Å²) in [5.41, 5.74) is -0.189. The van der Waals surface area contributed by atoms with Crippen LogP contribution in [-0.4, -0.2) is 0 Å². The number of ether oxygens (including phenoxy) is 1. The quantitative estimate of drug-likeness (QED) is 0.438. The van der Waals surface area contributed by atoms with Crippen molar-refractivity contribution in [2.45, 2.75) is 19.3 Å². The molecule has 1 nitrogen and oxygen atoms in total. The molecule has 1 aromatic rings. The Kier molecular flexibility index (Phi) is 3.29. The van der Waals surface area contributed by atoms with Gasteiger partial charge >= 0.3 is 29.6 Å². The maximum atomic E-state index is 13.2. The molecule has 0 amide bonds. The number of hydrogen-bond donors (Lipinski definition) is 0. The Labute approximate surface area is 109 Å². The SMILES string of the molecule is [CH-]=C1Oc2c(F)cc(F)cc2C1(C)C.[Na+]. The predicted octanol–water partition coefficient (Wildman–Crippen LogP) is -0.0443. The average Bonchev–Trinajstić information content (AvgIpc) is 2.28. The fourth-order valence-corrected chi connectivity index (χ4v) is 1.50. The molecule has 0 fully saturated rings. The van der Waals surface area contributed by atoms with E-state index in [0.29, 0.717) is 5.56 Å². The number of allylic oxidation sites excluding steroid dienone is 1. The van der Waals surface area contributed by atoms with Gasteiger partial charge in [-0.05, 0) is 6.07 Å². The molecule has 0 unspecified atom stereocenters. The van der Waals surface area contributed by atoms with Crippen molar-refractivity contribution in [3.05, 3.63) is 41.7 Å². The van der Waals surface area contributed by atoms with E-state index in [9.17, 15) is 8.78 Å². The van der Waals surface area contributed by atoms with Crippen molar-refractivity contribution in [3.8, 4) is 5.75 Å². The first-order chi connectivity index (χ1) is 6.43. The van der Waals surface area contributed by atoms with Crippen molar-refractivity contribution in [3.63, 3.8) is 0 Å². The summed E-state index contributed by atoms with van der Waals surface area (Å²) in [6.07, 6.45) is 0. The molecule has 4 heteroatoms. The van der Waals surface area contributed by atoms with Crippen molar-refractivity contribution in [1.29, 1.82) is 0 Å². The summed E-state index contributed by atoms with van der Waals surface area (Å²) in [5.74, 6) is -1.10. The molecule has 0 aliphatic carbocycles. The van der Waals surface area contributed by atoms with Gasteiger partial charge in [0.25, 0.3) is 0 Å². The van der Waals surface area contributed by atoms with Crippen molar-refractivity contribution < 1.29 is 43.1 Å². The van der Waals surface area contributed by atoms with Gasteiger partial charge in [0.05, 0.1) is 0 Å². The van der Waals surface area contributed by atoms with Crippen molar-refractivity contribution >= 4 is 0 Å². The van der Waals surface area contributed by atoms with Crippen LogP contribution in [0, 0.1) is 18.2 Å². The topological polar surface area (TPSA) is 9.23 Å². The van der Waals surface area contributed by atoms with Crippen LogP contribution in [0.1, 0.15) is 19.4 Å². The smallest absolute Gasteiger partial charge is 0.495 e. The molecule has 0 saturated carbocycles. The van der Waals surface area contributed by atoms with Crippen molar-refractivity contribution in [1.82, 2.24) is 0 Å². The average molecular weight is 218 g/mol. The molecule has 1 aromatic carbocycles. The van der Waals surface area contributed by atoms with Crippen LogP contribution in [0.25, 0.3) is 0 Å².